The second kappa shape index (κ2) is 8.93. The van der Waals surface area contributed by atoms with Gasteiger partial charge >= 0.3 is 0 Å². The Labute approximate surface area is 192 Å². The van der Waals surface area contributed by atoms with E-state index in [0.29, 0.717) is 17.4 Å². The summed E-state index contributed by atoms with van der Waals surface area (Å²) in [6, 6.07) is 19.4. The molecule has 1 heterocycles. The fourth-order valence-electron chi connectivity index (χ4n) is 3.52. The van der Waals surface area contributed by atoms with Crippen molar-refractivity contribution < 1.29 is 9.21 Å². The van der Waals surface area contributed by atoms with Crippen LogP contribution in [0.25, 0.3) is 22.6 Å². The Balaban J connectivity index is 1.44. The molecule has 0 fully saturated rings. The lowest BCUT2D eigenvalue weighted by atomic mass is 10.0. The van der Waals surface area contributed by atoms with E-state index in [1.54, 1.807) is 0 Å². The van der Waals surface area contributed by atoms with Crippen LogP contribution >= 0.6 is 12.2 Å². The maximum Gasteiger partial charge on any atom is 0.257 e. The number of hydrogen-bond donors (Lipinski definition) is 2. The average molecular weight is 444 g/mol. The highest BCUT2D eigenvalue weighted by Gasteiger charge is 2.12. The third-order valence-electron chi connectivity index (χ3n) is 5.32. The van der Waals surface area contributed by atoms with E-state index < -0.39 is 0 Å². The number of aromatic nitrogens is 1. The van der Waals surface area contributed by atoms with E-state index in [0.717, 1.165) is 33.5 Å². The predicted octanol–water partition coefficient (Wildman–Crippen LogP) is 6.36. The molecule has 0 bridgehead atoms. The van der Waals surface area contributed by atoms with Crippen LogP contribution in [-0.2, 0) is 0 Å². The smallest absolute Gasteiger partial charge is 0.257 e. The van der Waals surface area contributed by atoms with Gasteiger partial charge in [-0.3, -0.25) is 10.1 Å². The molecule has 6 heteroatoms. The predicted molar refractivity (Wildman–Crippen MR) is 133 cm³/mol. The second-order valence-corrected chi connectivity index (χ2v) is 8.61. The van der Waals surface area contributed by atoms with Gasteiger partial charge in [0.15, 0.2) is 10.7 Å². The van der Waals surface area contributed by atoms with Crippen LogP contribution in [0.5, 0.6) is 0 Å². The first kappa shape index (κ1) is 21.7. The number of benzene rings is 3. The van der Waals surface area contributed by atoms with Crippen molar-refractivity contribution in [2.75, 3.05) is 5.32 Å². The van der Waals surface area contributed by atoms with Crippen molar-refractivity contribution >= 4 is 40.0 Å². The summed E-state index contributed by atoms with van der Waals surface area (Å²) < 4.78 is 5.92. The highest BCUT2D eigenvalue weighted by atomic mass is 32.1. The molecule has 1 aromatic heterocycles. The Kier molecular flexibility index (Phi) is 6.06. The number of amides is 1. The first-order chi connectivity index (χ1) is 15.3. The van der Waals surface area contributed by atoms with Gasteiger partial charge in [-0.25, -0.2) is 4.98 Å². The Bertz CT molecular complexity index is 1310. The van der Waals surface area contributed by atoms with Crippen LogP contribution in [-0.4, -0.2) is 16.0 Å². The quantitative estimate of drug-likeness (QED) is 0.359. The minimum atomic E-state index is -0.233. The summed E-state index contributed by atoms with van der Waals surface area (Å²) in [5, 5.41) is 6.02. The van der Waals surface area contributed by atoms with Crippen LogP contribution in [0.4, 0.5) is 5.69 Å². The number of hydrogen-bond acceptors (Lipinski definition) is 4. The monoisotopic (exact) mass is 443 g/mol. The maximum absolute atomic E-state index is 12.5. The summed E-state index contributed by atoms with van der Waals surface area (Å²) in [4.78, 5) is 17.1. The van der Waals surface area contributed by atoms with Gasteiger partial charge in [0.1, 0.15) is 5.52 Å². The zero-order valence-electron chi connectivity index (χ0n) is 18.5. The van der Waals surface area contributed by atoms with Crippen LogP contribution in [0.2, 0.25) is 0 Å². The zero-order chi connectivity index (χ0) is 22.8. The molecule has 0 radical (unpaired) electrons. The molecule has 2 N–H and O–H groups in total. The largest absolute Gasteiger partial charge is 0.436 e. The molecule has 0 atom stereocenters. The number of thiocarbonyl (C=S) groups is 1. The summed E-state index contributed by atoms with van der Waals surface area (Å²) in [5.41, 5.74) is 7.10. The molecule has 4 aromatic rings. The molecule has 4 rings (SSSR count). The number of aryl methyl sites for hydroxylation is 2. The molecule has 0 aliphatic carbocycles. The van der Waals surface area contributed by atoms with Crippen LogP contribution in [0.15, 0.2) is 65.1 Å². The van der Waals surface area contributed by atoms with E-state index in [4.69, 9.17) is 16.6 Å². The molecule has 0 saturated carbocycles. The van der Waals surface area contributed by atoms with Gasteiger partial charge in [0.2, 0.25) is 5.89 Å². The lowest BCUT2D eigenvalue weighted by Gasteiger charge is -2.11. The fourth-order valence-corrected chi connectivity index (χ4v) is 3.73. The van der Waals surface area contributed by atoms with Crippen LogP contribution in [0, 0.1) is 13.8 Å². The van der Waals surface area contributed by atoms with E-state index in [1.807, 2.05) is 62.4 Å². The van der Waals surface area contributed by atoms with Crippen LogP contribution in [0.1, 0.15) is 46.8 Å². The molecule has 32 heavy (non-hydrogen) atoms. The normalized spacial score (nSPS) is 11.0. The van der Waals surface area contributed by atoms with Gasteiger partial charge in [0.05, 0.1) is 0 Å². The van der Waals surface area contributed by atoms with Gasteiger partial charge in [0.25, 0.3) is 5.91 Å². The van der Waals surface area contributed by atoms with Crippen molar-refractivity contribution in [2.45, 2.75) is 33.6 Å². The van der Waals surface area contributed by atoms with Crippen molar-refractivity contribution in [1.82, 2.24) is 10.3 Å². The SMILES string of the molecule is Cc1ccc(C(=O)NC(=S)Nc2ccc(-c3nc4cc(C(C)C)ccc4o3)cc2)c(C)c1. The van der Waals surface area contributed by atoms with E-state index in [-0.39, 0.29) is 11.0 Å². The number of carbonyl (C=O) groups is 1. The summed E-state index contributed by atoms with van der Waals surface area (Å²) in [6.07, 6.45) is 0. The molecule has 0 spiro atoms. The highest BCUT2D eigenvalue weighted by Crippen LogP contribution is 2.27. The number of fused-ring (bicyclic) bond motifs is 1. The van der Waals surface area contributed by atoms with Crippen molar-refractivity contribution in [3.63, 3.8) is 0 Å². The van der Waals surface area contributed by atoms with E-state index >= 15 is 0 Å². The zero-order valence-corrected chi connectivity index (χ0v) is 19.3. The average Bonchev–Trinajstić information content (AvgIpc) is 3.17. The number of oxazole rings is 1. The van der Waals surface area contributed by atoms with Gasteiger partial charge in [-0.15, -0.1) is 0 Å². The summed E-state index contributed by atoms with van der Waals surface area (Å²) >= 11 is 5.31. The Morgan fingerprint density at radius 2 is 1.75 bits per heavy atom. The second-order valence-electron chi connectivity index (χ2n) is 8.20. The van der Waals surface area contributed by atoms with Crippen LogP contribution in [0.3, 0.4) is 0 Å². The number of rotatable bonds is 4. The topological polar surface area (TPSA) is 67.2 Å². The third-order valence-corrected chi connectivity index (χ3v) is 5.53. The summed E-state index contributed by atoms with van der Waals surface area (Å²) in [5.74, 6) is 0.770. The van der Waals surface area contributed by atoms with E-state index in [2.05, 4.69) is 41.6 Å². The van der Waals surface area contributed by atoms with Crippen molar-refractivity contribution in [1.29, 1.82) is 0 Å². The first-order valence-electron chi connectivity index (χ1n) is 10.5. The van der Waals surface area contributed by atoms with Crippen molar-refractivity contribution in [3.8, 4) is 11.5 Å². The van der Waals surface area contributed by atoms with Crippen molar-refractivity contribution in [3.05, 3.63) is 82.9 Å². The highest BCUT2D eigenvalue weighted by molar-refractivity contribution is 7.80. The van der Waals surface area contributed by atoms with Gasteiger partial charge < -0.3 is 9.73 Å². The molecule has 0 unspecified atom stereocenters. The lowest BCUT2D eigenvalue weighted by molar-refractivity contribution is 0.0977. The Morgan fingerprint density at radius 3 is 2.44 bits per heavy atom. The number of nitrogens with one attached hydrogen (secondary N) is 2. The minimum absolute atomic E-state index is 0.233. The van der Waals surface area contributed by atoms with Gasteiger partial charge in [-0.2, -0.15) is 0 Å². The minimum Gasteiger partial charge on any atom is -0.436 e. The van der Waals surface area contributed by atoms with E-state index in [9.17, 15) is 4.79 Å². The summed E-state index contributed by atoms with van der Waals surface area (Å²) in [6.45, 7) is 8.21. The standard InChI is InChI=1S/C26H25N3O2S/c1-15(2)19-8-12-23-22(14-19)28-25(31-23)18-6-9-20(10-7-18)27-26(32)29-24(30)21-11-5-16(3)13-17(21)4/h5-15H,1-4H3,(H2,27,29,30,32). The molecular formula is C26H25N3O2S. The number of nitrogens with zero attached hydrogens (tertiary/aromatic N) is 1. The third kappa shape index (κ3) is 4.70. The maximum atomic E-state index is 12.5. The molecule has 3 aromatic carbocycles. The molecule has 0 saturated heterocycles. The molecule has 5 nitrogen and oxygen atoms in total. The molecule has 0 aliphatic rings. The molecular weight excluding hydrogens is 418 g/mol. The number of anilines is 1. The molecule has 1 amide bonds. The molecule has 0 aliphatic heterocycles. The van der Waals surface area contributed by atoms with Crippen molar-refractivity contribution in [2.24, 2.45) is 0 Å². The van der Waals surface area contributed by atoms with Gasteiger partial charge in [-0.05, 0) is 85.6 Å². The fraction of sp³-hybridized carbons (Fsp3) is 0.192. The van der Waals surface area contributed by atoms with Gasteiger partial charge in [-0.1, -0.05) is 37.6 Å². The van der Waals surface area contributed by atoms with E-state index in [1.165, 1.54) is 5.56 Å². The molecule has 162 valence electrons. The van der Waals surface area contributed by atoms with Gasteiger partial charge in [0, 0.05) is 16.8 Å². The Morgan fingerprint density at radius 1 is 1.00 bits per heavy atom. The summed E-state index contributed by atoms with van der Waals surface area (Å²) in [7, 11) is 0. The number of carbonyl (C=O) groups excluding carboxylic acids is 1. The van der Waals surface area contributed by atoms with Crippen LogP contribution < -0.4 is 10.6 Å². The first-order valence-corrected chi connectivity index (χ1v) is 10.9. The Hall–Kier alpha value is -3.51. The lowest BCUT2D eigenvalue weighted by Crippen LogP contribution is -2.34.